The van der Waals surface area contributed by atoms with Gasteiger partial charge in [0.15, 0.2) is 23.3 Å². The highest BCUT2D eigenvalue weighted by atomic mass is 19.4. The summed E-state index contributed by atoms with van der Waals surface area (Å²) in [5, 5.41) is 0. The molecule has 0 aliphatic heterocycles. The van der Waals surface area contributed by atoms with Gasteiger partial charge in [0.05, 0.1) is 0 Å². The Morgan fingerprint density at radius 2 is 1.31 bits per heavy atom. The van der Waals surface area contributed by atoms with Crippen molar-refractivity contribution in [2.45, 2.75) is 109 Å². The molecule has 1 saturated carbocycles. The lowest BCUT2D eigenvalue weighted by molar-refractivity contribution is -0.276. The van der Waals surface area contributed by atoms with Crippen LogP contribution in [0, 0.1) is 35.0 Å². The van der Waals surface area contributed by atoms with Gasteiger partial charge in [0.1, 0.15) is 5.82 Å². The molecule has 45 heavy (non-hydrogen) atoms. The highest BCUT2D eigenvalue weighted by molar-refractivity contribution is 5.41. The van der Waals surface area contributed by atoms with Crippen molar-refractivity contribution >= 4 is 0 Å². The summed E-state index contributed by atoms with van der Waals surface area (Å²) in [6.07, 6.45) is 3.31. The number of hydrogen-bond donors (Lipinski definition) is 0. The second kappa shape index (κ2) is 14.1. The van der Waals surface area contributed by atoms with E-state index in [9.17, 15) is 22.0 Å². The van der Waals surface area contributed by atoms with Crippen LogP contribution in [0.3, 0.4) is 0 Å². The number of rotatable bonds is 10. The van der Waals surface area contributed by atoms with E-state index in [4.69, 9.17) is 0 Å². The number of fused-ring (bicyclic) bond motifs is 1. The first kappa shape index (κ1) is 33.3. The number of ether oxygens (including phenoxy) is 1. The van der Waals surface area contributed by atoms with Crippen molar-refractivity contribution in [2.75, 3.05) is 0 Å². The van der Waals surface area contributed by atoms with E-state index < -0.39 is 53.0 Å². The first-order valence-electron chi connectivity index (χ1n) is 16.0. The number of hydrogen-bond acceptors (Lipinski definition) is 1. The fraction of sp³-hybridized carbons (Fsp3) is 0.500. The molecule has 1 nitrogen and oxygen atoms in total. The van der Waals surface area contributed by atoms with Gasteiger partial charge in [0.2, 0.25) is 5.75 Å². The molecular formula is C36H38F8O. The molecule has 244 valence electrons. The first-order chi connectivity index (χ1) is 21.4. The molecule has 3 aromatic rings. The third-order valence-electron chi connectivity index (χ3n) is 9.63. The van der Waals surface area contributed by atoms with Crippen LogP contribution in [-0.2, 0) is 25.7 Å². The Morgan fingerprint density at radius 3 is 1.91 bits per heavy atom. The van der Waals surface area contributed by atoms with Gasteiger partial charge in [0.25, 0.3) is 0 Å². The molecule has 0 bridgehead atoms. The first-order valence-corrected chi connectivity index (χ1v) is 16.0. The maximum absolute atomic E-state index is 15.8. The quantitative estimate of drug-likeness (QED) is 0.122. The van der Waals surface area contributed by atoms with Crippen LogP contribution in [0.25, 0.3) is 0 Å². The normalized spacial score (nSPS) is 20.2. The summed E-state index contributed by atoms with van der Waals surface area (Å²) in [4.78, 5) is 0. The molecule has 0 heterocycles. The standard InChI is InChI=1S/C36H38F8O/c1-2-3-4-5-21-6-8-22(9-7-21)10-11-23-12-17-27-28(18-23)33(40)34(41)31(32(27)39)25-15-13-24(14-16-25)26-19-29(37)35(30(38)20-26)45-36(42,43)44/h6-9,19-20,23-25H,2-5,10-18H2,1H3. The third-order valence-corrected chi connectivity index (χ3v) is 9.63. The summed E-state index contributed by atoms with van der Waals surface area (Å²) in [6.45, 7) is 2.18. The topological polar surface area (TPSA) is 9.23 Å². The molecule has 1 unspecified atom stereocenters. The molecule has 0 spiro atoms. The van der Waals surface area contributed by atoms with Crippen LogP contribution >= 0.6 is 0 Å². The molecule has 3 aromatic carbocycles. The molecule has 9 heteroatoms. The van der Waals surface area contributed by atoms with Crippen molar-refractivity contribution in [3.05, 3.63) is 98.9 Å². The Balaban J connectivity index is 1.22. The van der Waals surface area contributed by atoms with Crippen LogP contribution in [0.1, 0.15) is 110 Å². The molecule has 0 aromatic heterocycles. The molecule has 0 N–H and O–H groups in total. The van der Waals surface area contributed by atoms with Crippen molar-refractivity contribution in [1.82, 2.24) is 0 Å². The van der Waals surface area contributed by atoms with Crippen LogP contribution in [0.15, 0.2) is 36.4 Å². The van der Waals surface area contributed by atoms with E-state index >= 15 is 13.2 Å². The minimum atomic E-state index is -5.25. The molecule has 1 fully saturated rings. The summed E-state index contributed by atoms with van der Waals surface area (Å²) < 4.78 is 116. The monoisotopic (exact) mass is 638 g/mol. The molecule has 1 atom stereocenters. The SMILES string of the molecule is CCCCCc1ccc(CCC2CCc3c(F)c(C4CCC(c5cc(F)c(OC(F)(F)F)c(F)c5)CC4)c(F)c(F)c3C2)cc1. The van der Waals surface area contributed by atoms with E-state index in [1.807, 2.05) is 0 Å². The Hall–Kier alpha value is -3.10. The lowest BCUT2D eigenvalue weighted by atomic mass is 9.73. The molecule has 0 amide bonds. The molecule has 0 saturated heterocycles. The van der Waals surface area contributed by atoms with E-state index in [0.29, 0.717) is 12.8 Å². The minimum Gasteiger partial charge on any atom is -0.399 e. The smallest absolute Gasteiger partial charge is 0.399 e. The third kappa shape index (κ3) is 7.83. The van der Waals surface area contributed by atoms with E-state index in [1.54, 1.807) is 0 Å². The van der Waals surface area contributed by atoms with Gasteiger partial charge in [0, 0.05) is 5.56 Å². The fourth-order valence-electron chi connectivity index (χ4n) is 7.16. The number of aryl methyl sites for hydroxylation is 2. The Bertz CT molecular complexity index is 1450. The van der Waals surface area contributed by atoms with Gasteiger partial charge in [-0.15, -0.1) is 13.2 Å². The Kier molecular flexibility index (Phi) is 10.4. The Morgan fingerprint density at radius 1 is 0.711 bits per heavy atom. The summed E-state index contributed by atoms with van der Waals surface area (Å²) in [6, 6.07) is 10.2. The van der Waals surface area contributed by atoms with Crippen LogP contribution in [0.5, 0.6) is 5.75 Å². The lowest BCUT2D eigenvalue weighted by Gasteiger charge is -2.32. The molecular weight excluding hydrogens is 600 g/mol. The van der Waals surface area contributed by atoms with Crippen LogP contribution in [-0.4, -0.2) is 6.36 Å². The summed E-state index contributed by atoms with van der Waals surface area (Å²) in [5.41, 5.74) is 2.74. The highest BCUT2D eigenvalue weighted by Crippen LogP contribution is 2.45. The summed E-state index contributed by atoms with van der Waals surface area (Å²) in [7, 11) is 0. The summed E-state index contributed by atoms with van der Waals surface area (Å²) >= 11 is 0. The maximum atomic E-state index is 15.8. The van der Waals surface area contributed by atoms with Gasteiger partial charge >= 0.3 is 6.36 Å². The van der Waals surface area contributed by atoms with Gasteiger partial charge < -0.3 is 4.74 Å². The predicted molar refractivity (Wildman–Crippen MR) is 157 cm³/mol. The van der Waals surface area contributed by atoms with Gasteiger partial charge in [-0.05, 0) is 128 Å². The van der Waals surface area contributed by atoms with Crippen molar-refractivity contribution in [2.24, 2.45) is 5.92 Å². The van der Waals surface area contributed by atoms with E-state index in [1.165, 1.54) is 30.4 Å². The van der Waals surface area contributed by atoms with Crippen LogP contribution in [0.4, 0.5) is 35.1 Å². The number of halogens is 8. The van der Waals surface area contributed by atoms with Crippen molar-refractivity contribution < 1.29 is 39.9 Å². The average Bonchev–Trinajstić information content (AvgIpc) is 3.01. The van der Waals surface area contributed by atoms with Gasteiger partial charge in [-0.3, -0.25) is 0 Å². The van der Waals surface area contributed by atoms with Crippen LogP contribution in [0.2, 0.25) is 0 Å². The highest BCUT2D eigenvalue weighted by Gasteiger charge is 2.36. The maximum Gasteiger partial charge on any atom is 0.573 e. The van der Waals surface area contributed by atoms with Gasteiger partial charge in [-0.25, -0.2) is 22.0 Å². The zero-order chi connectivity index (χ0) is 32.3. The zero-order valence-electron chi connectivity index (χ0n) is 25.3. The molecule has 5 rings (SSSR count). The molecule has 0 radical (unpaired) electrons. The van der Waals surface area contributed by atoms with Crippen molar-refractivity contribution in [3.8, 4) is 5.75 Å². The fourth-order valence-corrected chi connectivity index (χ4v) is 7.16. The van der Waals surface area contributed by atoms with E-state index in [0.717, 1.165) is 31.4 Å². The lowest BCUT2D eigenvalue weighted by Crippen LogP contribution is -2.23. The van der Waals surface area contributed by atoms with Crippen molar-refractivity contribution in [3.63, 3.8) is 0 Å². The largest absolute Gasteiger partial charge is 0.573 e. The number of benzene rings is 3. The second-order valence-corrected chi connectivity index (χ2v) is 12.6. The molecule has 2 aliphatic carbocycles. The van der Waals surface area contributed by atoms with E-state index in [-0.39, 0.29) is 60.3 Å². The molecule has 2 aliphatic rings. The zero-order valence-corrected chi connectivity index (χ0v) is 25.3. The van der Waals surface area contributed by atoms with Crippen molar-refractivity contribution in [1.29, 1.82) is 0 Å². The second-order valence-electron chi connectivity index (χ2n) is 12.6. The minimum absolute atomic E-state index is 0.116. The number of alkyl halides is 3. The van der Waals surface area contributed by atoms with Gasteiger partial charge in [-0.1, -0.05) is 44.0 Å². The predicted octanol–water partition coefficient (Wildman–Crippen LogP) is 11.2. The Labute approximate surface area is 259 Å². The van der Waals surface area contributed by atoms with Gasteiger partial charge in [-0.2, -0.15) is 0 Å². The number of unbranched alkanes of at least 4 members (excludes halogenated alkanes) is 2. The summed E-state index contributed by atoms with van der Waals surface area (Å²) in [5.74, 6) is -8.28. The average molecular weight is 639 g/mol. The van der Waals surface area contributed by atoms with Crippen LogP contribution < -0.4 is 4.74 Å². The van der Waals surface area contributed by atoms with E-state index in [2.05, 4.69) is 35.9 Å².